The molecular weight excluding hydrogens is 272 g/mol. The number of aliphatic hydroxyl groups is 1. The van der Waals surface area contributed by atoms with Gasteiger partial charge >= 0.3 is 0 Å². The fraction of sp³-hybridized carbons (Fsp3) is 0.600. The number of nitrogens with one attached hydrogen (secondary N) is 1. The molecule has 0 bridgehead atoms. The van der Waals surface area contributed by atoms with Crippen molar-refractivity contribution in [2.45, 2.75) is 44.4 Å². The lowest BCUT2D eigenvalue weighted by molar-refractivity contribution is -0.385. The molecule has 0 radical (unpaired) electrons. The van der Waals surface area contributed by atoms with Crippen LogP contribution in [0, 0.1) is 16.0 Å². The maximum absolute atomic E-state index is 11.0. The highest BCUT2D eigenvalue weighted by atomic mass is 16.6. The Labute approximate surface area is 123 Å². The van der Waals surface area contributed by atoms with Crippen LogP contribution in [0.15, 0.2) is 18.2 Å². The van der Waals surface area contributed by atoms with Gasteiger partial charge in [-0.3, -0.25) is 10.1 Å². The molecule has 0 spiro atoms. The lowest BCUT2D eigenvalue weighted by atomic mass is 9.86. The molecule has 1 heterocycles. The Morgan fingerprint density at radius 1 is 1.48 bits per heavy atom. The van der Waals surface area contributed by atoms with E-state index in [0.717, 1.165) is 6.54 Å². The van der Waals surface area contributed by atoms with Crippen LogP contribution in [0.5, 0.6) is 5.75 Å². The zero-order chi connectivity index (χ0) is 15.2. The third kappa shape index (κ3) is 2.73. The van der Waals surface area contributed by atoms with Crippen molar-refractivity contribution in [3.8, 4) is 5.75 Å². The van der Waals surface area contributed by atoms with Crippen molar-refractivity contribution in [1.82, 2.24) is 5.32 Å². The zero-order valence-electron chi connectivity index (χ0n) is 12.2. The molecular formula is C15H20N2O4. The van der Waals surface area contributed by atoms with E-state index in [1.807, 2.05) is 13.8 Å². The number of ether oxygens (including phenoxy) is 1. The van der Waals surface area contributed by atoms with Gasteiger partial charge in [0.05, 0.1) is 11.0 Å². The molecule has 3 rings (SSSR count). The second-order valence-electron chi connectivity index (χ2n) is 6.46. The van der Waals surface area contributed by atoms with E-state index in [1.165, 1.54) is 25.0 Å². The summed E-state index contributed by atoms with van der Waals surface area (Å²) in [4.78, 5) is 10.5. The number of hydrogen-bond acceptors (Lipinski definition) is 5. The first kappa shape index (κ1) is 14.3. The third-order valence-corrected chi connectivity index (χ3v) is 4.26. The van der Waals surface area contributed by atoms with Crippen LogP contribution < -0.4 is 10.1 Å². The van der Waals surface area contributed by atoms with Gasteiger partial charge in [0, 0.05) is 17.7 Å². The van der Waals surface area contributed by atoms with Crippen molar-refractivity contribution in [1.29, 1.82) is 0 Å². The molecule has 1 aromatic carbocycles. The highest BCUT2D eigenvalue weighted by Crippen LogP contribution is 2.41. The number of benzene rings is 1. The van der Waals surface area contributed by atoms with Gasteiger partial charge in [0.15, 0.2) is 0 Å². The van der Waals surface area contributed by atoms with E-state index < -0.39 is 16.6 Å². The molecule has 0 aromatic heterocycles. The number of hydrogen-bond donors (Lipinski definition) is 2. The van der Waals surface area contributed by atoms with Gasteiger partial charge in [-0.15, -0.1) is 0 Å². The first-order chi connectivity index (χ1) is 9.88. The van der Waals surface area contributed by atoms with Crippen molar-refractivity contribution >= 4 is 5.69 Å². The second-order valence-corrected chi connectivity index (χ2v) is 6.46. The highest BCUT2D eigenvalue weighted by molar-refractivity contribution is 5.48. The predicted molar refractivity (Wildman–Crippen MR) is 77.3 cm³/mol. The summed E-state index contributed by atoms with van der Waals surface area (Å²) in [6.45, 7) is 4.47. The first-order valence-electron chi connectivity index (χ1n) is 7.27. The Bertz CT molecular complexity index is 569. The third-order valence-electron chi connectivity index (χ3n) is 4.26. The molecule has 1 saturated carbocycles. The van der Waals surface area contributed by atoms with Crippen LogP contribution in [0.3, 0.4) is 0 Å². The summed E-state index contributed by atoms with van der Waals surface area (Å²) in [7, 11) is 0. The number of nitro groups is 1. The number of aliphatic hydroxyl groups excluding tert-OH is 1. The smallest absolute Gasteiger partial charge is 0.270 e. The Morgan fingerprint density at radius 2 is 2.19 bits per heavy atom. The van der Waals surface area contributed by atoms with Crippen LogP contribution in [0.4, 0.5) is 5.69 Å². The van der Waals surface area contributed by atoms with E-state index in [4.69, 9.17) is 4.74 Å². The molecule has 1 fully saturated rings. The standard InChI is InChI=1S/C15H20N2O4/c1-15(2)14(18)13(16-8-9-3-4-9)11-7-10(17(19)20)5-6-12(11)21-15/h5-7,9,13-14,16,18H,3-4,8H2,1-2H3/t13-,14+/m1/s1. The normalized spacial score (nSPS) is 26.8. The number of rotatable bonds is 4. The molecule has 2 atom stereocenters. The van der Waals surface area contributed by atoms with Gasteiger partial charge in [-0.2, -0.15) is 0 Å². The summed E-state index contributed by atoms with van der Waals surface area (Å²) >= 11 is 0. The first-order valence-corrected chi connectivity index (χ1v) is 7.27. The number of fused-ring (bicyclic) bond motifs is 1. The molecule has 0 amide bonds. The SMILES string of the molecule is CC1(C)Oc2ccc([N+](=O)[O-])cc2[C@@H](NCC2CC2)[C@@H]1O. The summed E-state index contributed by atoms with van der Waals surface area (Å²) < 4.78 is 5.81. The van der Waals surface area contributed by atoms with Crippen molar-refractivity contribution in [2.75, 3.05) is 6.54 Å². The van der Waals surface area contributed by atoms with E-state index in [2.05, 4.69) is 5.32 Å². The molecule has 6 nitrogen and oxygen atoms in total. The minimum Gasteiger partial charge on any atom is -0.485 e. The average Bonchev–Trinajstić information content (AvgIpc) is 3.22. The Kier molecular flexibility index (Phi) is 3.37. The molecule has 1 aromatic rings. The van der Waals surface area contributed by atoms with Crippen LogP contribution in [0.25, 0.3) is 0 Å². The van der Waals surface area contributed by atoms with E-state index >= 15 is 0 Å². The van der Waals surface area contributed by atoms with Gasteiger partial charge in [-0.25, -0.2) is 0 Å². The maximum Gasteiger partial charge on any atom is 0.270 e. The molecule has 6 heteroatoms. The molecule has 2 N–H and O–H groups in total. The Morgan fingerprint density at radius 3 is 2.81 bits per heavy atom. The highest BCUT2D eigenvalue weighted by Gasteiger charge is 2.43. The minimum absolute atomic E-state index is 0.0162. The van der Waals surface area contributed by atoms with Crippen molar-refractivity contribution < 1.29 is 14.8 Å². The van der Waals surface area contributed by atoms with Crippen LogP contribution >= 0.6 is 0 Å². The van der Waals surface area contributed by atoms with Gasteiger partial charge in [-0.05, 0) is 45.2 Å². The van der Waals surface area contributed by atoms with Crippen molar-refractivity contribution in [3.63, 3.8) is 0 Å². The van der Waals surface area contributed by atoms with Crippen LogP contribution in [0.2, 0.25) is 0 Å². The number of non-ortho nitro benzene ring substituents is 1. The molecule has 21 heavy (non-hydrogen) atoms. The van der Waals surface area contributed by atoms with E-state index in [-0.39, 0.29) is 11.7 Å². The van der Waals surface area contributed by atoms with Gasteiger partial charge in [0.25, 0.3) is 5.69 Å². The molecule has 114 valence electrons. The maximum atomic E-state index is 11.0. The summed E-state index contributed by atoms with van der Waals surface area (Å²) in [5.41, 5.74) is -0.0520. The van der Waals surface area contributed by atoms with Gasteiger partial charge in [0.2, 0.25) is 0 Å². The van der Waals surface area contributed by atoms with Crippen molar-refractivity contribution in [2.24, 2.45) is 5.92 Å². The summed E-state index contributed by atoms with van der Waals surface area (Å²) in [5, 5.41) is 24.9. The fourth-order valence-electron chi connectivity index (χ4n) is 2.74. The fourth-order valence-corrected chi connectivity index (χ4v) is 2.74. The molecule has 0 unspecified atom stereocenters. The number of nitrogens with zero attached hydrogens (tertiary/aromatic N) is 1. The number of nitro benzene ring substituents is 1. The second kappa shape index (κ2) is 4.96. The van der Waals surface area contributed by atoms with E-state index in [1.54, 1.807) is 6.07 Å². The molecule has 2 aliphatic rings. The lowest BCUT2D eigenvalue weighted by Gasteiger charge is -2.42. The summed E-state index contributed by atoms with van der Waals surface area (Å²) in [5.74, 6) is 1.26. The van der Waals surface area contributed by atoms with Gasteiger partial charge in [-0.1, -0.05) is 0 Å². The Hall–Kier alpha value is -1.66. The van der Waals surface area contributed by atoms with E-state index in [0.29, 0.717) is 17.2 Å². The van der Waals surface area contributed by atoms with Gasteiger partial charge < -0.3 is 15.2 Å². The molecule has 0 saturated heterocycles. The molecule has 1 aliphatic carbocycles. The zero-order valence-corrected chi connectivity index (χ0v) is 12.2. The minimum atomic E-state index is -0.759. The average molecular weight is 292 g/mol. The van der Waals surface area contributed by atoms with Crippen molar-refractivity contribution in [3.05, 3.63) is 33.9 Å². The predicted octanol–water partition coefficient (Wildman–Crippen LogP) is 2.17. The van der Waals surface area contributed by atoms with Gasteiger partial charge in [0.1, 0.15) is 17.5 Å². The Balaban J connectivity index is 1.95. The van der Waals surface area contributed by atoms with Crippen LogP contribution in [0.1, 0.15) is 38.3 Å². The molecule has 1 aliphatic heterocycles. The quantitative estimate of drug-likeness (QED) is 0.656. The van der Waals surface area contributed by atoms with E-state index in [9.17, 15) is 15.2 Å². The topological polar surface area (TPSA) is 84.6 Å². The largest absolute Gasteiger partial charge is 0.485 e. The monoisotopic (exact) mass is 292 g/mol. The summed E-state index contributed by atoms with van der Waals surface area (Å²) in [6.07, 6.45) is 1.65. The van der Waals surface area contributed by atoms with Crippen LogP contribution in [-0.4, -0.2) is 28.3 Å². The summed E-state index contributed by atoms with van der Waals surface area (Å²) in [6, 6.07) is 4.21. The lowest BCUT2D eigenvalue weighted by Crippen LogP contribution is -2.52. The van der Waals surface area contributed by atoms with Crippen LogP contribution in [-0.2, 0) is 0 Å².